The average molecular weight is 297 g/mol. The van der Waals surface area contributed by atoms with Crippen LogP contribution < -0.4 is 5.01 Å². The summed E-state index contributed by atoms with van der Waals surface area (Å²) in [4.78, 5) is 22.9. The van der Waals surface area contributed by atoms with Crippen molar-refractivity contribution in [3.05, 3.63) is 29.3 Å². The van der Waals surface area contributed by atoms with Crippen LogP contribution in [0.5, 0.6) is 0 Å². The summed E-state index contributed by atoms with van der Waals surface area (Å²) >= 11 is 5.79. The van der Waals surface area contributed by atoms with E-state index in [2.05, 4.69) is 5.10 Å². The number of hydrogen-bond donors (Lipinski definition) is 1. The highest BCUT2D eigenvalue weighted by molar-refractivity contribution is 6.38. The summed E-state index contributed by atoms with van der Waals surface area (Å²) in [5, 5.41) is 15.1. The number of carboxylic acid groups (broad SMARTS) is 1. The van der Waals surface area contributed by atoms with Crippen LogP contribution in [0.2, 0.25) is 5.02 Å². The van der Waals surface area contributed by atoms with E-state index in [4.69, 9.17) is 16.3 Å². The van der Waals surface area contributed by atoms with Gasteiger partial charge in [0.2, 0.25) is 0 Å². The number of nitrogens with zero attached hydrogens (tertiary/aromatic N) is 2. The normalized spacial score (nSPS) is 17.8. The average Bonchev–Trinajstić information content (AvgIpc) is 2.85. The zero-order valence-corrected chi connectivity index (χ0v) is 11.5. The maximum Gasteiger partial charge on any atom is 0.354 e. The van der Waals surface area contributed by atoms with E-state index >= 15 is 0 Å². The molecule has 6 nitrogen and oxygen atoms in total. The first-order valence-corrected chi connectivity index (χ1v) is 6.43. The number of halogens is 1. The number of hydrazone groups is 1. The number of carbonyl (C=O) groups excluding carboxylic acids is 1. The zero-order valence-electron chi connectivity index (χ0n) is 10.7. The van der Waals surface area contributed by atoms with Crippen molar-refractivity contribution in [2.24, 2.45) is 5.10 Å². The SMILES string of the molecule is CCOC(=O)C1=NN(c2ccc(Cl)cc2)[C@H](C(=O)O)C1. The third kappa shape index (κ3) is 2.91. The van der Waals surface area contributed by atoms with Gasteiger partial charge in [0, 0.05) is 11.4 Å². The Kier molecular flexibility index (Phi) is 4.24. The van der Waals surface area contributed by atoms with Crippen LogP contribution >= 0.6 is 11.6 Å². The molecule has 0 unspecified atom stereocenters. The molecule has 0 saturated heterocycles. The molecule has 0 amide bonds. The van der Waals surface area contributed by atoms with Crippen molar-refractivity contribution in [1.82, 2.24) is 0 Å². The summed E-state index contributed by atoms with van der Waals surface area (Å²) in [6.45, 7) is 1.90. The molecular weight excluding hydrogens is 284 g/mol. The van der Waals surface area contributed by atoms with Gasteiger partial charge in [0.1, 0.15) is 5.71 Å². The van der Waals surface area contributed by atoms with Gasteiger partial charge in [-0.1, -0.05) is 11.6 Å². The lowest BCUT2D eigenvalue weighted by Crippen LogP contribution is -2.34. The summed E-state index contributed by atoms with van der Waals surface area (Å²) in [6.07, 6.45) is 0.0107. The Morgan fingerprint density at radius 2 is 2.10 bits per heavy atom. The van der Waals surface area contributed by atoms with Crippen LogP contribution in [0.4, 0.5) is 5.69 Å². The van der Waals surface area contributed by atoms with Gasteiger partial charge in [0.05, 0.1) is 12.3 Å². The topological polar surface area (TPSA) is 79.2 Å². The molecular formula is C13H13ClN2O4. The second-order valence-corrected chi connectivity index (χ2v) is 4.58. The number of ether oxygens (including phenoxy) is 1. The largest absolute Gasteiger partial charge is 0.480 e. The summed E-state index contributed by atoms with van der Waals surface area (Å²) < 4.78 is 4.85. The van der Waals surface area contributed by atoms with Gasteiger partial charge in [-0.05, 0) is 31.2 Å². The second-order valence-electron chi connectivity index (χ2n) is 4.15. The first-order valence-electron chi connectivity index (χ1n) is 6.05. The van der Waals surface area contributed by atoms with Crippen molar-refractivity contribution in [3.63, 3.8) is 0 Å². The van der Waals surface area contributed by atoms with Crippen LogP contribution in [-0.2, 0) is 14.3 Å². The van der Waals surface area contributed by atoms with E-state index in [1.54, 1.807) is 31.2 Å². The molecule has 0 saturated carbocycles. The monoisotopic (exact) mass is 296 g/mol. The fourth-order valence-corrected chi connectivity index (χ4v) is 2.00. The Bertz CT molecular complexity index is 556. The van der Waals surface area contributed by atoms with Gasteiger partial charge in [0.15, 0.2) is 6.04 Å². The Balaban J connectivity index is 2.29. The smallest absolute Gasteiger partial charge is 0.354 e. The van der Waals surface area contributed by atoms with Crippen LogP contribution in [0.1, 0.15) is 13.3 Å². The summed E-state index contributed by atoms with van der Waals surface area (Å²) in [6, 6.07) is 5.64. The molecule has 0 aliphatic carbocycles. The van der Waals surface area contributed by atoms with E-state index in [1.165, 1.54) is 5.01 Å². The second kappa shape index (κ2) is 5.92. The molecule has 0 aromatic heterocycles. The number of anilines is 1. The lowest BCUT2D eigenvalue weighted by molar-refractivity contribution is -0.138. The predicted octanol–water partition coefficient (Wildman–Crippen LogP) is 1.92. The number of rotatable bonds is 4. The molecule has 1 aliphatic heterocycles. The predicted molar refractivity (Wildman–Crippen MR) is 74.0 cm³/mol. The molecule has 2 rings (SSSR count). The summed E-state index contributed by atoms with van der Waals surface area (Å²) in [7, 11) is 0. The van der Waals surface area contributed by atoms with Crippen molar-refractivity contribution >= 4 is 34.9 Å². The number of benzene rings is 1. The van der Waals surface area contributed by atoms with Gasteiger partial charge in [0.25, 0.3) is 0 Å². The standard InChI is InChI=1S/C13H13ClN2O4/c1-2-20-13(19)10-7-11(12(17)18)16(15-10)9-5-3-8(14)4-6-9/h3-6,11H,2,7H2,1H3,(H,17,18)/t11-/m0/s1. The molecule has 0 spiro atoms. The number of carboxylic acids is 1. The van der Waals surface area contributed by atoms with Crippen LogP contribution in [0.25, 0.3) is 0 Å². The third-order valence-corrected chi connectivity index (χ3v) is 3.05. The summed E-state index contributed by atoms with van der Waals surface area (Å²) in [5.74, 6) is -1.64. The number of carbonyl (C=O) groups is 2. The van der Waals surface area contributed by atoms with Crippen molar-refractivity contribution < 1.29 is 19.4 Å². The molecule has 0 bridgehead atoms. The maximum atomic E-state index is 11.7. The van der Waals surface area contributed by atoms with E-state index in [0.717, 1.165) is 0 Å². The van der Waals surface area contributed by atoms with Crippen molar-refractivity contribution in [2.45, 2.75) is 19.4 Å². The molecule has 1 heterocycles. The maximum absolute atomic E-state index is 11.7. The highest BCUT2D eigenvalue weighted by Gasteiger charge is 2.36. The first-order chi connectivity index (χ1) is 9.52. The molecule has 0 radical (unpaired) electrons. The van der Waals surface area contributed by atoms with Crippen LogP contribution in [0, 0.1) is 0 Å². The first kappa shape index (κ1) is 14.3. The Labute approximate surface area is 120 Å². The molecule has 7 heteroatoms. The Hall–Kier alpha value is -2.08. The quantitative estimate of drug-likeness (QED) is 0.859. The van der Waals surface area contributed by atoms with E-state index in [-0.39, 0.29) is 18.7 Å². The van der Waals surface area contributed by atoms with Gasteiger partial charge in [-0.2, -0.15) is 5.10 Å². The van der Waals surface area contributed by atoms with Crippen LogP contribution in [-0.4, -0.2) is 35.4 Å². The molecule has 1 atom stereocenters. The molecule has 0 fully saturated rings. The highest BCUT2D eigenvalue weighted by Crippen LogP contribution is 2.26. The number of aliphatic carboxylic acids is 1. The van der Waals surface area contributed by atoms with Crippen molar-refractivity contribution in [2.75, 3.05) is 11.6 Å². The van der Waals surface area contributed by atoms with Crippen LogP contribution in [0.3, 0.4) is 0 Å². The molecule has 1 aromatic carbocycles. The lowest BCUT2D eigenvalue weighted by atomic mass is 10.1. The molecule has 1 aromatic rings. The number of hydrogen-bond acceptors (Lipinski definition) is 5. The summed E-state index contributed by atoms with van der Waals surface area (Å²) in [5.41, 5.74) is 0.662. The Morgan fingerprint density at radius 1 is 1.45 bits per heavy atom. The van der Waals surface area contributed by atoms with Gasteiger partial charge in [-0.15, -0.1) is 0 Å². The minimum Gasteiger partial charge on any atom is -0.480 e. The van der Waals surface area contributed by atoms with Crippen LogP contribution in [0.15, 0.2) is 29.4 Å². The highest BCUT2D eigenvalue weighted by atomic mass is 35.5. The van der Waals surface area contributed by atoms with E-state index in [9.17, 15) is 14.7 Å². The van der Waals surface area contributed by atoms with Gasteiger partial charge in [-0.25, -0.2) is 9.59 Å². The van der Waals surface area contributed by atoms with Crippen molar-refractivity contribution in [1.29, 1.82) is 0 Å². The van der Waals surface area contributed by atoms with Gasteiger partial charge in [-0.3, -0.25) is 5.01 Å². The molecule has 106 valence electrons. The van der Waals surface area contributed by atoms with Crippen molar-refractivity contribution in [3.8, 4) is 0 Å². The van der Waals surface area contributed by atoms with Gasteiger partial charge < -0.3 is 9.84 Å². The third-order valence-electron chi connectivity index (χ3n) is 2.80. The molecule has 1 aliphatic rings. The molecule has 1 N–H and O–H groups in total. The van der Waals surface area contributed by atoms with E-state index in [0.29, 0.717) is 10.7 Å². The lowest BCUT2D eigenvalue weighted by Gasteiger charge is -2.19. The molecule has 20 heavy (non-hydrogen) atoms. The Morgan fingerprint density at radius 3 is 2.65 bits per heavy atom. The van der Waals surface area contributed by atoms with E-state index < -0.39 is 18.0 Å². The minimum absolute atomic E-state index is 0.0107. The zero-order chi connectivity index (χ0) is 14.7. The number of esters is 1. The fraction of sp³-hybridized carbons (Fsp3) is 0.308. The minimum atomic E-state index is -1.05. The fourth-order valence-electron chi connectivity index (χ4n) is 1.87. The van der Waals surface area contributed by atoms with Gasteiger partial charge >= 0.3 is 11.9 Å². The van der Waals surface area contributed by atoms with E-state index in [1.807, 2.05) is 0 Å².